The predicted octanol–water partition coefficient (Wildman–Crippen LogP) is 1.79. The first-order chi connectivity index (χ1) is 11.1. The number of hydrogen-bond donors (Lipinski definition) is 4. The fraction of sp³-hybridized carbons (Fsp3) is 0.333. The average molecular weight is 332 g/mol. The van der Waals surface area contributed by atoms with Gasteiger partial charge in [0.1, 0.15) is 11.4 Å². The van der Waals surface area contributed by atoms with E-state index in [0.717, 1.165) is 11.3 Å². The highest BCUT2D eigenvalue weighted by atomic mass is 16.5. The summed E-state index contributed by atoms with van der Waals surface area (Å²) in [5, 5.41) is 32.0. The molecule has 4 N–H and O–H groups in total. The lowest BCUT2D eigenvalue weighted by molar-refractivity contribution is -0.102. The van der Waals surface area contributed by atoms with Crippen molar-refractivity contribution in [2.45, 2.75) is 38.4 Å². The van der Waals surface area contributed by atoms with E-state index in [0.29, 0.717) is 6.42 Å². The molecule has 0 aliphatic heterocycles. The van der Waals surface area contributed by atoms with Gasteiger partial charge in [-0.15, -0.1) is 0 Å². The maximum atomic E-state index is 10.5. The van der Waals surface area contributed by atoms with E-state index in [9.17, 15) is 5.11 Å². The van der Waals surface area contributed by atoms with Crippen LogP contribution in [0.4, 0.5) is 0 Å². The molecule has 2 aromatic carbocycles. The van der Waals surface area contributed by atoms with Crippen molar-refractivity contribution in [3.63, 3.8) is 0 Å². The lowest BCUT2D eigenvalue weighted by Gasteiger charge is -2.40. The molecule has 0 amide bonds. The van der Waals surface area contributed by atoms with Gasteiger partial charge in [-0.25, -0.2) is 0 Å². The van der Waals surface area contributed by atoms with Crippen molar-refractivity contribution >= 4 is 7.32 Å². The normalized spacial score (nSPS) is 13.3. The van der Waals surface area contributed by atoms with Crippen molar-refractivity contribution in [1.29, 1.82) is 0 Å². The quantitative estimate of drug-likeness (QED) is 0.627. The molecule has 2 rings (SSSR count). The average Bonchev–Trinajstić information content (AvgIpc) is 2.47. The zero-order valence-electron chi connectivity index (χ0n) is 14.3. The highest BCUT2D eigenvalue weighted by molar-refractivity contribution is 6.30. The number of aliphatic hydroxyl groups is 1. The van der Waals surface area contributed by atoms with Crippen LogP contribution in [-0.4, -0.2) is 38.7 Å². The second-order valence-corrected chi connectivity index (χ2v) is 6.21. The fourth-order valence-electron chi connectivity index (χ4n) is 2.11. The Balaban J connectivity index is 0.000000648. The van der Waals surface area contributed by atoms with E-state index in [1.54, 1.807) is 13.8 Å². The van der Waals surface area contributed by atoms with Gasteiger partial charge in [-0.2, -0.15) is 0 Å². The van der Waals surface area contributed by atoms with Crippen molar-refractivity contribution in [3.8, 4) is 5.75 Å². The van der Waals surface area contributed by atoms with E-state index >= 15 is 0 Å². The van der Waals surface area contributed by atoms with E-state index in [2.05, 4.69) is 12.1 Å². The van der Waals surface area contributed by atoms with Crippen LogP contribution in [0.1, 0.15) is 26.3 Å². The van der Waals surface area contributed by atoms with Gasteiger partial charge >= 0.3 is 7.32 Å². The lowest BCUT2D eigenvalue weighted by atomic mass is 9.82. The third-order valence-corrected chi connectivity index (χ3v) is 3.76. The van der Waals surface area contributed by atoms with Gasteiger partial charge in [0.2, 0.25) is 0 Å². The first kappa shape index (κ1) is 20.2. The summed E-state index contributed by atoms with van der Waals surface area (Å²) in [6, 6.07) is 19.7. The van der Waals surface area contributed by atoms with Gasteiger partial charge in [-0.1, -0.05) is 48.5 Å². The first-order valence-electron chi connectivity index (χ1n) is 7.68. The van der Waals surface area contributed by atoms with Crippen LogP contribution < -0.4 is 4.74 Å². The number of hydrogen-bond acceptors (Lipinski definition) is 5. The minimum absolute atomic E-state index is 0.645. The monoisotopic (exact) mass is 332 g/mol. The molecule has 0 bridgehead atoms. The molecule has 0 radical (unpaired) electrons. The molecule has 0 aliphatic carbocycles. The summed E-state index contributed by atoms with van der Waals surface area (Å²) in [5.41, 5.74) is -0.512. The van der Waals surface area contributed by atoms with Gasteiger partial charge in [-0.3, -0.25) is 0 Å². The molecular weight excluding hydrogens is 307 g/mol. The zero-order chi connectivity index (χ0) is 18.2. The van der Waals surface area contributed by atoms with Gasteiger partial charge in [0.05, 0.1) is 5.60 Å². The maximum Gasteiger partial charge on any atom is 0.631 e. The van der Waals surface area contributed by atoms with Crippen molar-refractivity contribution in [3.05, 3.63) is 66.2 Å². The molecule has 0 heterocycles. The first-order valence-corrected chi connectivity index (χ1v) is 7.68. The van der Waals surface area contributed by atoms with Crippen molar-refractivity contribution < 1.29 is 24.9 Å². The Morgan fingerprint density at radius 2 is 1.25 bits per heavy atom. The highest BCUT2D eigenvalue weighted by Crippen LogP contribution is 2.31. The van der Waals surface area contributed by atoms with E-state index in [-0.39, 0.29) is 0 Å². The molecule has 0 saturated carbocycles. The Morgan fingerprint density at radius 1 is 0.833 bits per heavy atom. The fourth-order valence-corrected chi connectivity index (χ4v) is 2.11. The van der Waals surface area contributed by atoms with Gasteiger partial charge in [0.25, 0.3) is 0 Å². The van der Waals surface area contributed by atoms with Crippen LogP contribution in [0.5, 0.6) is 5.75 Å². The zero-order valence-corrected chi connectivity index (χ0v) is 14.3. The highest BCUT2D eigenvalue weighted by Gasteiger charge is 2.42. The van der Waals surface area contributed by atoms with Crippen LogP contribution in [-0.2, 0) is 6.42 Å². The molecular formula is C18H25BO5. The third kappa shape index (κ3) is 6.72. The number of benzene rings is 2. The largest absolute Gasteiger partial charge is 0.631 e. The van der Waals surface area contributed by atoms with Gasteiger partial charge < -0.3 is 24.9 Å². The van der Waals surface area contributed by atoms with Crippen molar-refractivity contribution in [1.82, 2.24) is 0 Å². The summed E-state index contributed by atoms with van der Waals surface area (Å²) >= 11 is 0. The van der Waals surface area contributed by atoms with Crippen LogP contribution in [0.15, 0.2) is 60.7 Å². The molecule has 5 nitrogen and oxygen atoms in total. The Kier molecular flexibility index (Phi) is 7.44. The van der Waals surface area contributed by atoms with E-state index in [1.807, 2.05) is 55.5 Å². The summed E-state index contributed by atoms with van der Waals surface area (Å²) in [6.07, 6.45) is 0.645. The standard InChI is InChI=1S/C18H22O2.BH3O3/c1-17(2,19)18(3,14-15-10-6-4-7-11-15)20-16-12-8-5-9-13-16;2-1(3)4/h4-13,19H,14H2,1-3H3;2-4H. The van der Waals surface area contributed by atoms with E-state index in [4.69, 9.17) is 19.8 Å². The molecule has 0 aliphatic rings. The van der Waals surface area contributed by atoms with Gasteiger partial charge in [0, 0.05) is 6.42 Å². The number of rotatable bonds is 5. The molecule has 0 saturated heterocycles. The molecule has 2 aromatic rings. The molecule has 1 unspecified atom stereocenters. The summed E-state index contributed by atoms with van der Waals surface area (Å²) < 4.78 is 6.12. The van der Waals surface area contributed by atoms with Gasteiger partial charge in [-0.05, 0) is 38.5 Å². The van der Waals surface area contributed by atoms with Crippen LogP contribution in [0, 0.1) is 0 Å². The second kappa shape index (κ2) is 8.85. The molecule has 6 heteroatoms. The molecule has 24 heavy (non-hydrogen) atoms. The van der Waals surface area contributed by atoms with E-state index in [1.165, 1.54) is 0 Å². The third-order valence-electron chi connectivity index (χ3n) is 3.76. The van der Waals surface area contributed by atoms with Crippen LogP contribution in [0.3, 0.4) is 0 Å². The smallest absolute Gasteiger partial charge is 0.484 e. The minimum Gasteiger partial charge on any atom is -0.484 e. The van der Waals surface area contributed by atoms with E-state index < -0.39 is 18.5 Å². The van der Waals surface area contributed by atoms with Crippen molar-refractivity contribution in [2.75, 3.05) is 0 Å². The number of para-hydroxylation sites is 1. The summed E-state index contributed by atoms with van der Waals surface area (Å²) in [6.45, 7) is 5.53. The Bertz CT molecular complexity index is 537. The van der Waals surface area contributed by atoms with Crippen LogP contribution >= 0.6 is 0 Å². The van der Waals surface area contributed by atoms with Crippen LogP contribution in [0.25, 0.3) is 0 Å². The summed E-state index contributed by atoms with van der Waals surface area (Å²) in [5.74, 6) is 0.771. The molecule has 130 valence electrons. The molecule has 0 spiro atoms. The minimum atomic E-state index is -2.17. The van der Waals surface area contributed by atoms with Gasteiger partial charge in [0.15, 0.2) is 0 Å². The van der Waals surface area contributed by atoms with Crippen molar-refractivity contribution in [2.24, 2.45) is 0 Å². The molecule has 1 atom stereocenters. The summed E-state index contributed by atoms with van der Waals surface area (Å²) in [7, 11) is -2.17. The SMILES string of the molecule is CC(C)(O)C(C)(Cc1ccccc1)Oc1ccccc1.OB(O)O. The predicted molar refractivity (Wildman–Crippen MR) is 94.3 cm³/mol. The lowest BCUT2D eigenvalue weighted by Crippen LogP contribution is -2.53. The number of ether oxygens (including phenoxy) is 1. The Hall–Kier alpha value is -1.86. The topological polar surface area (TPSA) is 90.2 Å². The maximum absolute atomic E-state index is 10.5. The Labute approximate surface area is 143 Å². The van der Waals surface area contributed by atoms with Crippen LogP contribution in [0.2, 0.25) is 0 Å². The second-order valence-electron chi connectivity index (χ2n) is 6.21. The molecule has 0 fully saturated rings. The summed E-state index contributed by atoms with van der Waals surface area (Å²) in [4.78, 5) is 0. The Morgan fingerprint density at radius 3 is 1.67 bits per heavy atom. The molecule has 0 aromatic heterocycles.